The molecule has 2 unspecified atom stereocenters. The fraction of sp³-hybridized carbons (Fsp3) is 0.400. The van der Waals surface area contributed by atoms with Crippen molar-refractivity contribution < 1.29 is 18.7 Å². The molecule has 26 heavy (non-hydrogen) atoms. The van der Waals surface area contributed by atoms with Gasteiger partial charge in [-0.15, -0.1) is 0 Å². The van der Waals surface area contributed by atoms with Gasteiger partial charge in [-0.2, -0.15) is 0 Å². The van der Waals surface area contributed by atoms with Crippen molar-refractivity contribution in [1.82, 2.24) is 10.3 Å². The Hall–Kier alpha value is -2.47. The molecule has 0 bridgehead atoms. The average Bonchev–Trinajstić information content (AvgIpc) is 2.67. The van der Waals surface area contributed by atoms with Crippen molar-refractivity contribution >= 4 is 5.91 Å². The standard InChI is InChI=1S/C20H23FN2O3/c1-14(17-5-3-9-25-13-17)23-20(24)16-7-8-19(22-11-16)26-12-15-4-2-6-18(21)10-15/h2,4,6-8,10-11,14,17H,3,5,9,12-13H2,1H3,(H,23,24). The van der Waals surface area contributed by atoms with E-state index in [0.717, 1.165) is 25.0 Å². The lowest BCUT2D eigenvalue weighted by Gasteiger charge is -2.28. The lowest BCUT2D eigenvalue weighted by molar-refractivity contribution is 0.0409. The molecule has 0 spiro atoms. The Morgan fingerprint density at radius 1 is 1.42 bits per heavy atom. The summed E-state index contributed by atoms with van der Waals surface area (Å²) in [4.78, 5) is 16.5. The zero-order valence-electron chi connectivity index (χ0n) is 14.8. The highest BCUT2D eigenvalue weighted by Gasteiger charge is 2.22. The molecule has 1 aliphatic heterocycles. The van der Waals surface area contributed by atoms with Crippen molar-refractivity contribution in [2.45, 2.75) is 32.4 Å². The molecule has 1 fully saturated rings. The van der Waals surface area contributed by atoms with E-state index in [1.54, 1.807) is 24.3 Å². The molecular weight excluding hydrogens is 335 g/mol. The number of aromatic nitrogens is 1. The van der Waals surface area contributed by atoms with Gasteiger partial charge in [0.2, 0.25) is 5.88 Å². The molecule has 0 radical (unpaired) electrons. The molecule has 5 nitrogen and oxygen atoms in total. The third-order valence-corrected chi connectivity index (χ3v) is 4.54. The van der Waals surface area contributed by atoms with Gasteiger partial charge in [-0.1, -0.05) is 12.1 Å². The zero-order valence-corrected chi connectivity index (χ0v) is 14.8. The maximum absolute atomic E-state index is 13.1. The first-order chi connectivity index (χ1) is 12.6. The third kappa shape index (κ3) is 5.02. The van der Waals surface area contributed by atoms with E-state index in [1.165, 1.54) is 18.3 Å². The van der Waals surface area contributed by atoms with Crippen LogP contribution in [-0.2, 0) is 11.3 Å². The van der Waals surface area contributed by atoms with E-state index in [9.17, 15) is 9.18 Å². The van der Waals surface area contributed by atoms with E-state index in [4.69, 9.17) is 9.47 Å². The highest BCUT2D eigenvalue weighted by atomic mass is 19.1. The van der Waals surface area contributed by atoms with Gasteiger partial charge in [0, 0.05) is 30.8 Å². The molecule has 6 heteroatoms. The van der Waals surface area contributed by atoms with E-state index < -0.39 is 0 Å². The van der Waals surface area contributed by atoms with Crippen molar-refractivity contribution in [3.63, 3.8) is 0 Å². The minimum atomic E-state index is -0.302. The molecule has 1 aromatic carbocycles. The molecule has 0 aliphatic carbocycles. The summed E-state index contributed by atoms with van der Waals surface area (Å²) < 4.78 is 24.2. The first kappa shape index (κ1) is 18.3. The number of ether oxygens (including phenoxy) is 2. The predicted octanol–water partition coefficient (Wildman–Crippen LogP) is 3.34. The number of amides is 1. The minimum absolute atomic E-state index is 0.0479. The number of nitrogens with zero attached hydrogens (tertiary/aromatic N) is 1. The van der Waals surface area contributed by atoms with Gasteiger partial charge in [0.25, 0.3) is 5.91 Å². The normalized spacial score (nSPS) is 18.2. The van der Waals surface area contributed by atoms with Gasteiger partial charge in [-0.05, 0) is 43.5 Å². The number of carbonyl (C=O) groups excluding carboxylic acids is 1. The van der Waals surface area contributed by atoms with Crippen molar-refractivity contribution in [2.75, 3.05) is 13.2 Å². The predicted molar refractivity (Wildman–Crippen MR) is 95.4 cm³/mol. The molecule has 3 rings (SSSR count). The Labute approximate surface area is 152 Å². The number of nitrogens with one attached hydrogen (secondary N) is 1. The molecule has 1 amide bonds. The van der Waals surface area contributed by atoms with E-state index in [1.807, 2.05) is 6.92 Å². The van der Waals surface area contributed by atoms with E-state index in [-0.39, 0.29) is 24.4 Å². The second-order valence-electron chi connectivity index (χ2n) is 6.54. The van der Waals surface area contributed by atoms with Gasteiger partial charge in [0.15, 0.2) is 0 Å². The summed E-state index contributed by atoms with van der Waals surface area (Å²) in [5, 5.41) is 3.01. The molecule has 2 heterocycles. The molecule has 1 aromatic heterocycles. The Balaban J connectivity index is 1.52. The number of halogens is 1. The second-order valence-corrected chi connectivity index (χ2v) is 6.54. The van der Waals surface area contributed by atoms with Crippen LogP contribution in [0.4, 0.5) is 4.39 Å². The molecular formula is C20H23FN2O3. The Bertz CT molecular complexity index is 730. The lowest BCUT2D eigenvalue weighted by atomic mass is 9.95. The monoisotopic (exact) mass is 358 g/mol. The third-order valence-electron chi connectivity index (χ3n) is 4.54. The van der Waals surface area contributed by atoms with Crippen LogP contribution in [0.25, 0.3) is 0 Å². The van der Waals surface area contributed by atoms with Crippen molar-refractivity contribution in [2.24, 2.45) is 5.92 Å². The highest BCUT2D eigenvalue weighted by Crippen LogP contribution is 2.18. The fourth-order valence-corrected chi connectivity index (χ4v) is 2.95. The van der Waals surface area contributed by atoms with E-state index >= 15 is 0 Å². The minimum Gasteiger partial charge on any atom is -0.473 e. The van der Waals surface area contributed by atoms with Gasteiger partial charge in [-0.3, -0.25) is 4.79 Å². The van der Waals surface area contributed by atoms with Crippen LogP contribution in [-0.4, -0.2) is 30.1 Å². The highest BCUT2D eigenvalue weighted by molar-refractivity contribution is 5.94. The summed E-state index contributed by atoms with van der Waals surface area (Å²) in [6, 6.07) is 9.57. The van der Waals surface area contributed by atoms with Gasteiger partial charge >= 0.3 is 0 Å². The summed E-state index contributed by atoms with van der Waals surface area (Å²) >= 11 is 0. The van der Waals surface area contributed by atoms with Crippen LogP contribution in [0.15, 0.2) is 42.6 Å². The molecule has 138 valence electrons. The summed E-state index contributed by atoms with van der Waals surface area (Å²) in [6.07, 6.45) is 3.58. The van der Waals surface area contributed by atoms with Gasteiger partial charge < -0.3 is 14.8 Å². The van der Waals surface area contributed by atoms with Crippen LogP contribution in [0.5, 0.6) is 5.88 Å². The van der Waals surface area contributed by atoms with Crippen LogP contribution < -0.4 is 10.1 Å². The number of benzene rings is 1. The van der Waals surface area contributed by atoms with Gasteiger partial charge in [0.05, 0.1) is 12.2 Å². The Morgan fingerprint density at radius 2 is 2.31 bits per heavy atom. The number of rotatable bonds is 6. The molecule has 2 aromatic rings. The number of pyridine rings is 1. The van der Waals surface area contributed by atoms with Crippen molar-refractivity contribution in [3.8, 4) is 5.88 Å². The first-order valence-electron chi connectivity index (χ1n) is 8.84. The van der Waals surface area contributed by atoms with Crippen LogP contribution in [0.1, 0.15) is 35.7 Å². The first-order valence-corrected chi connectivity index (χ1v) is 8.84. The number of carbonyl (C=O) groups is 1. The van der Waals surface area contributed by atoms with Gasteiger partial charge in [-0.25, -0.2) is 9.37 Å². The van der Waals surface area contributed by atoms with Crippen LogP contribution >= 0.6 is 0 Å². The molecule has 0 saturated carbocycles. The fourth-order valence-electron chi connectivity index (χ4n) is 2.95. The summed E-state index contributed by atoms with van der Waals surface area (Å²) in [5.74, 6) is 0.268. The maximum atomic E-state index is 13.1. The second kappa shape index (κ2) is 8.76. The summed E-state index contributed by atoms with van der Waals surface area (Å²) in [5.41, 5.74) is 1.20. The number of hydrogen-bond donors (Lipinski definition) is 1. The average molecular weight is 358 g/mol. The van der Waals surface area contributed by atoms with E-state index in [0.29, 0.717) is 24.0 Å². The molecule has 1 N–H and O–H groups in total. The largest absolute Gasteiger partial charge is 0.473 e. The summed E-state index contributed by atoms with van der Waals surface area (Å²) in [7, 11) is 0. The molecule has 2 atom stereocenters. The molecule has 1 aliphatic rings. The quantitative estimate of drug-likeness (QED) is 0.860. The number of hydrogen-bond acceptors (Lipinski definition) is 4. The Morgan fingerprint density at radius 3 is 3.00 bits per heavy atom. The Kier molecular flexibility index (Phi) is 6.17. The lowest BCUT2D eigenvalue weighted by Crippen LogP contribution is -2.41. The molecule has 1 saturated heterocycles. The maximum Gasteiger partial charge on any atom is 0.253 e. The van der Waals surface area contributed by atoms with Crippen LogP contribution in [0, 0.1) is 11.7 Å². The topological polar surface area (TPSA) is 60.5 Å². The van der Waals surface area contributed by atoms with Crippen LogP contribution in [0.2, 0.25) is 0 Å². The summed E-state index contributed by atoms with van der Waals surface area (Å²) in [6.45, 7) is 3.71. The SMILES string of the molecule is CC(NC(=O)c1ccc(OCc2cccc(F)c2)nc1)C1CCCOC1. The van der Waals surface area contributed by atoms with Crippen molar-refractivity contribution in [3.05, 3.63) is 59.5 Å². The smallest absolute Gasteiger partial charge is 0.253 e. The van der Waals surface area contributed by atoms with E-state index in [2.05, 4.69) is 10.3 Å². The van der Waals surface area contributed by atoms with Crippen LogP contribution in [0.3, 0.4) is 0 Å². The zero-order chi connectivity index (χ0) is 18.4. The van der Waals surface area contributed by atoms with Crippen molar-refractivity contribution in [1.29, 1.82) is 0 Å². The van der Waals surface area contributed by atoms with Gasteiger partial charge in [0.1, 0.15) is 12.4 Å².